The van der Waals surface area contributed by atoms with E-state index in [1.54, 1.807) is 48.8 Å². The number of anilines is 4. The molecule has 20 heteroatoms. The molecule has 0 bridgehead atoms. The fraction of sp³-hybridized carbons (Fsp3) is 0.303. The second kappa shape index (κ2) is 31.4. The van der Waals surface area contributed by atoms with Crippen molar-refractivity contribution in [2.24, 2.45) is 0 Å². The number of nitrogen functional groups attached to an aromatic ring is 2. The minimum atomic E-state index is -2.12. The third kappa shape index (κ3) is 15.7. The predicted octanol–water partition coefficient (Wildman–Crippen LogP) is 17.0. The third-order valence-electron chi connectivity index (χ3n) is 14.6. The first-order valence-electron chi connectivity index (χ1n) is 28.2. The zero-order valence-electron chi connectivity index (χ0n) is 48.4. The number of fused-ring (bicyclic) bond motifs is 2. The standard InChI is InChI=1S/C26H21N7OS.C22H17ClN6O.C4H4NS.3C4H9.2CH4.Sn/c1-15(31-24-20(28-3)13-30-26(27)32-24)21-12-17-8-7-11-19(22-14-29-16(2)35-22)23(17)25(34)33(21)18-9-5-4-6-10-18;1-13(27-20-17(25-2)12-26-22(24)28-20)18-11-14-7-6-10-16(23)19(14)21(30)29(18)15-8-4-3-5-9-15;1-4-5-2-3-6-4;3*1-3-4-2;;;/h4-15H,1-2H3,(H3,27,30,31,32);3-13H,1H3,(H3,24,26,27,28);2H,1H3;3*1,3-4H2,2H3;2*1H4;/t15-;13-;;;;;;;/m00......./s1. The van der Waals surface area contributed by atoms with Crippen LogP contribution < -0.4 is 36.1 Å². The van der Waals surface area contributed by atoms with Crippen LogP contribution in [0.2, 0.25) is 18.3 Å². The zero-order chi connectivity index (χ0) is 59.9. The number of rotatable bonds is 19. The third-order valence-corrected chi connectivity index (χ3v) is 34.9. The molecule has 0 saturated carbocycles. The van der Waals surface area contributed by atoms with E-state index in [2.05, 4.69) is 84.1 Å². The van der Waals surface area contributed by atoms with Crippen molar-refractivity contribution in [3.8, 4) is 21.8 Å². The Morgan fingerprint density at radius 3 is 1.47 bits per heavy atom. The molecule has 6 N–H and O–H groups in total. The molecule has 2 atom stereocenters. The number of benzene rings is 4. The number of hydrogen-bond donors (Lipinski definition) is 4. The molecule has 0 unspecified atom stereocenters. The van der Waals surface area contributed by atoms with E-state index in [-0.39, 0.29) is 61.3 Å². The summed E-state index contributed by atoms with van der Waals surface area (Å²) in [5, 5.41) is 11.7. The van der Waals surface area contributed by atoms with Crippen LogP contribution >= 0.6 is 34.3 Å². The minimum absolute atomic E-state index is 0. The first-order valence-corrected chi connectivity index (χ1v) is 37.7. The van der Waals surface area contributed by atoms with Gasteiger partial charge in [0.25, 0.3) is 11.1 Å². The van der Waals surface area contributed by atoms with E-state index in [1.165, 1.54) is 55.9 Å². The van der Waals surface area contributed by atoms with Crippen LogP contribution in [-0.4, -0.2) is 57.4 Å². The Morgan fingerprint density at radius 1 is 0.593 bits per heavy atom. The molecule has 0 fully saturated rings. The fourth-order valence-corrected chi connectivity index (χ4v) is 31.4. The van der Waals surface area contributed by atoms with Gasteiger partial charge in [0.05, 0.1) is 50.9 Å². The molecular weight excluding hydrogens is 1240 g/mol. The summed E-state index contributed by atoms with van der Waals surface area (Å²) in [6, 6.07) is 33.2. The average Bonchev–Trinajstić information content (AvgIpc) is 0.992. The van der Waals surface area contributed by atoms with Crippen molar-refractivity contribution in [1.82, 2.24) is 39.0 Å². The van der Waals surface area contributed by atoms with Gasteiger partial charge in [-0.2, -0.15) is 0 Å². The van der Waals surface area contributed by atoms with Gasteiger partial charge in [0, 0.05) is 46.9 Å². The van der Waals surface area contributed by atoms with Crippen LogP contribution in [-0.2, 0) is 0 Å². The molecule has 6 heterocycles. The first kappa shape index (κ1) is 67.1. The number of unbranched alkanes of at least 4 members (excludes halogenated alkanes) is 3. The van der Waals surface area contributed by atoms with Crippen molar-refractivity contribution in [2.75, 3.05) is 22.1 Å². The summed E-state index contributed by atoms with van der Waals surface area (Å²) < 4.78 is 9.78. The van der Waals surface area contributed by atoms with Crippen LogP contribution in [0.4, 0.5) is 34.9 Å². The van der Waals surface area contributed by atoms with Crippen molar-refractivity contribution < 1.29 is 0 Å². The molecule has 16 nitrogen and oxygen atoms in total. The summed E-state index contributed by atoms with van der Waals surface area (Å²) in [5.74, 6) is 0.752. The van der Waals surface area contributed by atoms with E-state index in [1.807, 2.05) is 135 Å². The quantitative estimate of drug-likeness (QED) is 0.0441. The number of nitrogens with two attached hydrogens (primary N) is 2. The van der Waals surface area contributed by atoms with Crippen molar-refractivity contribution in [1.29, 1.82) is 0 Å². The zero-order valence-corrected chi connectivity index (χ0v) is 53.6. The van der Waals surface area contributed by atoms with Crippen molar-refractivity contribution in [3.05, 3.63) is 204 Å². The van der Waals surface area contributed by atoms with Crippen LogP contribution in [0.1, 0.15) is 121 Å². The van der Waals surface area contributed by atoms with E-state index in [0.29, 0.717) is 38.8 Å². The molecule has 10 aromatic rings. The van der Waals surface area contributed by atoms with Gasteiger partial charge in [0.15, 0.2) is 0 Å². The number of hydrogen-bond acceptors (Lipinski definition) is 14. The SMILES string of the molecule is C.C.CCC[CH2][Sn]([CH2]CCC)([CH2]CCC)[c]1cnc(C)s1.[C-]#[N+]c1cnc(N)nc1N[C@@H](C)c1cc2cccc(-c3cnc(C)s3)c2c(=O)n1-c1ccccc1.[C-]#[N+]c1cnc(N)nc1N[C@@H](C)c1cc2cccc(Cl)c2c(=O)n1-c1ccccc1. The smallest absolute Gasteiger partial charge is 0.264 e. The molecule has 0 spiro atoms. The Kier molecular flexibility index (Phi) is 24.5. The fourth-order valence-electron chi connectivity index (χ4n) is 10.3. The molecule has 6 aromatic heterocycles. The van der Waals surface area contributed by atoms with E-state index < -0.39 is 18.4 Å². The maximum atomic E-state index is 14.1. The summed E-state index contributed by atoms with van der Waals surface area (Å²) in [6.07, 6.45) is 15.2. The Morgan fingerprint density at radius 2 is 1.03 bits per heavy atom. The van der Waals surface area contributed by atoms with Gasteiger partial charge in [-0.15, -0.1) is 11.3 Å². The Balaban J connectivity index is 0.000000213. The molecule has 0 radical (unpaired) electrons. The summed E-state index contributed by atoms with van der Waals surface area (Å²) in [5.41, 5.74) is 15.3. The van der Waals surface area contributed by atoms with Crippen LogP contribution in [0.5, 0.6) is 0 Å². The predicted molar refractivity (Wildman–Crippen MR) is 364 cm³/mol. The molecule has 0 aliphatic rings. The summed E-state index contributed by atoms with van der Waals surface area (Å²) in [6.45, 7) is 29.7. The largest absolute Gasteiger partial charge is 0.371 e. The number of para-hydroxylation sites is 2. The topological polar surface area (TPSA) is 206 Å². The molecule has 4 aromatic carbocycles. The monoisotopic (exact) mass is 1320 g/mol. The van der Waals surface area contributed by atoms with Crippen molar-refractivity contribution in [2.45, 2.75) is 127 Å². The maximum Gasteiger partial charge on any atom is 0.264 e. The van der Waals surface area contributed by atoms with E-state index in [9.17, 15) is 9.59 Å². The molecular formula is C66H77ClN14O2S2Sn. The summed E-state index contributed by atoms with van der Waals surface area (Å²) in [4.78, 5) is 60.5. The van der Waals surface area contributed by atoms with Gasteiger partial charge < -0.3 is 22.1 Å². The van der Waals surface area contributed by atoms with Gasteiger partial charge in [-0.1, -0.05) is 93.2 Å². The van der Waals surface area contributed by atoms with Crippen LogP contribution in [0.15, 0.2) is 144 Å². The maximum absolute atomic E-state index is 14.1. The van der Waals surface area contributed by atoms with E-state index >= 15 is 0 Å². The van der Waals surface area contributed by atoms with Crippen molar-refractivity contribution in [3.63, 3.8) is 0 Å². The van der Waals surface area contributed by atoms with E-state index in [0.717, 1.165) is 37.6 Å². The van der Waals surface area contributed by atoms with Gasteiger partial charge in [-0.05, 0) is 74.0 Å². The van der Waals surface area contributed by atoms with Crippen LogP contribution in [0.25, 0.3) is 53.1 Å². The number of nitrogens with one attached hydrogen (secondary N) is 2. The first-order chi connectivity index (χ1) is 40.6. The molecule has 0 aliphatic heterocycles. The van der Waals surface area contributed by atoms with Gasteiger partial charge in [-0.25, -0.2) is 34.6 Å². The van der Waals surface area contributed by atoms with Crippen molar-refractivity contribution >= 4 is 112 Å². The number of aryl methyl sites for hydroxylation is 2. The number of halogens is 1. The van der Waals surface area contributed by atoms with Gasteiger partial charge in [0.2, 0.25) is 23.3 Å². The molecule has 0 saturated heterocycles. The molecule has 446 valence electrons. The van der Waals surface area contributed by atoms with E-state index in [4.69, 9.17) is 36.2 Å². The number of thiazole rings is 2. The second-order valence-corrected chi connectivity index (χ2v) is 37.6. The number of nitrogens with zero attached hydrogens (tertiary/aromatic N) is 10. The Hall–Kier alpha value is -8.01. The Labute approximate surface area is 522 Å². The molecule has 0 aliphatic carbocycles. The van der Waals surface area contributed by atoms with Crippen LogP contribution in [0, 0.1) is 27.0 Å². The summed E-state index contributed by atoms with van der Waals surface area (Å²) >= 11 is 7.81. The number of aromatic nitrogens is 8. The minimum Gasteiger partial charge on any atom is -0.371 e. The molecule has 86 heavy (non-hydrogen) atoms. The molecule has 0 amide bonds. The normalized spacial score (nSPS) is 11.6. The Bertz CT molecular complexity index is 4080. The van der Waals surface area contributed by atoms with Gasteiger partial charge in [-0.3, -0.25) is 18.7 Å². The average molecular weight is 1320 g/mol. The van der Waals surface area contributed by atoms with Crippen LogP contribution in [0.3, 0.4) is 0 Å². The van der Waals surface area contributed by atoms with Gasteiger partial charge in [0.1, 0.15) is 11.6 Å². The second-order valence-electron chi connectivity index (χ2n) is 20.5. The summed E-state index contributed by atoms with van der Waals surface area (Å²) in [7, 11) is 0. The van der Waals surface area contributed by atoms with Gasteiger partial charge >= 0.3 is 128 Å². The molecule has 10 rings (SSSR count). The number of pyridine rings is 2.